The van der Waals surface area contributed by atoms with Gasteiger partial charge in [0.1, 0.15) is 17.4 Å². The van der Waals surface area contributed by atoms with Crippen molar-refractivity contribution in [3.8, 4) is 0 Å². The summed E-state index contributed by atoms with van der Waals surface area (Å²) >= 11 is 0. The van der Waals surface area contributed by atoms with Gasteiger partial charge in [-0.1, -0.05) is 6.92 Å². The van der Waals surface area contributed by atoms with Crippen molar-refractivity contribution in [1.82, 2.24) is 10.3 Å². The molecule has 1 unspecified atom stereocenters. The van der Waals surface area contributed by atoms with E-state index in [4.69, 9.17) is 5.73 Å². The number of aromatic nitrogens is 1. The SMILES string of the molecule is CCC1C(=O)NC(=O)CN1c1ncc(N)cc1C(=O)O. The van der Waals surface area contributed by atoms with Crippen LogP contribution in [0.25, 0.3) is 0 Å². The highest BCUT2D eigenvalue weighted by Gasteiger charge is 2.35. The van der Waals surface area contributed by atoms with Crippen LogP contribution in [0.4, 0.5) is 11.5 Å². The van der Waals surface area contributed by atoms with Crippen LogP contribution in [0, 0.1) is 0 Å². The standard InChI is InChI=1S/C12H14N4O4/c1-2-8-11(18)15-9(17)5-16(8)10-7(12(19)20)3-6(13)4-14-10/h3-4,8H,2,5,13H2,1H3,(H,19,20)(H,15,17,18). The first-order valence-electron chi connectivity index (χ1n) is 6.03. The molecule has 0 saturated carbocycles. The van der Waals surface area contributed by atoms with Crippen LogP contribution in [0.1, 0.15) is 23.7 Å². The van der Waals surface area contributed by atoms with Crippen molar-refractivity contribution in [2.24, 2.45) is 0 Å². The van der Waals surface area contributed by atoms with Crippen molar-refractivity contribution >= 4 is 29.3 Å². The van der Waals surface area contributed by atoms with Crippen LogP contribution in [0.3, 0.4) is 0 Å². The minimum atomic E-state index is -1.21. The van der Waals surface area contributed by atoms with Crippen molar-refractivity contribution in [3.05, 3.63) is 17.8 Å². The average molecular weight is 278 g/mol. The van der Waals surface area contributed by atoms with Crippen LogP contribution in [0.5, 0.6) is 0 Å². The molecule has 2 amide bonds. The molecule has 0 aromatic carbocycles. The van der Waals surface area contributed by atoms with Gasteiger partial charge in [-0.2, -0.15) is 0 Å². The second kappa shape index (κ2) is 5.16. The fraction of sp³-hybridized carbons (Fsp3) is 0.333. The molecule has 1 fully saturated rings. The van der Waals surface area contributed by atoms with E-state index in [1.807, 2.05) is 0 Å². The molecule has 1 saturated heterocycles. The number of nitrogens with two attached hydrogens (primary N) is 1. The highest BCUT2D eigenvalue weighted by molar-refractivity contribution is 6.05. The van der Waals surface area contributed by atoms with Gasteiger partial charge in [0.05, 0.1) is 18.4 Å². The van der Waals surface area contributed by atoms with E-state index in [1.165, 1.54) is 17.2 Å². The van der Waals surface area contributed by atoms with Gasteiger partial charge < -0.3 is 15.7 Å². The van der Waals surface area contributed by atoms with E-state index >= 15 is 0 Å². The highest BCUT2D eigenvalue weighted by atomic mass is 16.4. The lowest BCUT2D eigenvalue weighted by molar-refractivity contribution is -0.133. The number of rotatable bonds is 3. The molecule has 0 bridgehead atoms. The third-order valence-electron chi connectivity index (χ3n) is 3.03. The Labute approximate surface area is 114 Å². The molecule has 1 atom stereocenters. The van der Waals surface area contributed by atoms with Gasteiger partial charge in [-0.25, -0.2) is 9.78 Å². The van der Waals surface area contributed by atoms with Crippen LogP contribution >= 0.6 is 0 Å². The fourth-order valence-electron chi connectivity index (χ4n) is 2.15. The maximum atomic E-state index is 11.8. The molecule has 0 spiro atoms. The number of hydrogen-bond acceptors (Lipinski definition) is 6. The zero-order valence-corrected chi connectivity index (χ0v) is 10.8. The lowest BCUT2D eigenvalue weighted by Crippen LogP contribution is -2.58. The Morgan fingerprint density at radius 1 is 1.60 bits per heavy atom. The van der Waals surface area contributed by atoms with Crippen LogP contribution in [-0.2, 0) is 9.59 Å². The third kappa shape index (κ3) is 2.40. The molecule has 20 heavy (non-hydrogen) atoms. The van der Waals surface area contributed by atoms with Crippen LogP contribution in [0.2, 0.25) is 0 Å². The number of piperazine rings is 1. The average Bonchev–Trinajstić information content (AvgIpc) is 2.37. The van der Waals surface area contributed by atoms with Gasteiger partial charge in [0.15, 0.2) is 0 Å². The summed E-state index contributed by atoms with van der Waals surface area (Å²) in [6, 6.07) is 0.621. The normalized spacial score (nSPS) is 18.9. The second-order valence-electron chi connectivity index (χ2n) is 4.41. The molecule has 1 aliphatic heterocycles. The Morgan fingerprint density at radius 2 is 2.30 bits per heavy atom. The summed E-state index contributed by atoms with van der Waals surface area (Å²) in [7, 11) is 0. The van der Waals surface area contributed by atoms with Gasteiger partial charge in [-0.3, -0.25) is 14.9 Å². The lowest BCUT2D eigenvalue weighted by atomic mass is 10.1. The maximum Gasteiger partial charge on any atom is 0.339 e. The number of carbonyl (C=O) groups is 3. The Bertz CT molecular complexity index is 587. The number of anilines is 2. The first-order valence-corrected chi connectivity index (χ1v) is 6.03. The number of hydrogen-bond donors (Lipinski definition) is 3. The van der Waals surface area contributed by atoms with Gasteiger partial charge in [0, 0.05) is 0 Å². The molecule has 106 valence electrons. The number of amides is 2. The van der Waals surface area contributed by atoms with Crippen molar-refractivity contribution in [2.75, 3.05) is 17.2 Å². The number of carboxylic acid groups (broad SMARTS) is 1. The Morgan fingerprint density at radius 3 is 2.90 bits per heavy atom. The minimum absolute atomic E-state index is 0.0711. The summed E-state index contributed by atoms with van der Waals surface area (Å²) in [5, 5.41) is 11.4. The minimum Gasteiger partial charge on any atom is -0.478 e. The predicted molar refractivity (Wildman–Crippen MR) is 70.2 cm³/mol. The number of imide groups is 1. The van der Waals surface area contributed by atoms with E-state index in [0.717, 1.165) is 0 Å². The van der Waals surface area contributed by atoms with Crippen molar-refractivity contribution in [2.45, 2.75) is 19.4 Å². The van der Waals surface area contributed by atoms with E-state index in [-0.39, 0.29) is 23.6 Å². The number of nitrogens with one attached hydrogen (secondary N) is 1. The summed E-state index contributed by atoms with van der Waals surface area (Å²) < 4.78 is 0. The predicted octanol–water partition coefficient (Wildman–Crippen LogP) is -0.397. The number of nitrogens with zero attached hydrogens (tertiary/aromatic N) is 2. The van der Waals surface area contributed by atoms with Gasteiger partial charge in [-0.05, 0) is 12.5 Å². The molecule has 0 aliphatic carbocycles. The number of pyridine rings is 1. The third-order valence-corrected chi connectivity index (χ3v) is 3.03. The fourth-order valence-corrected chi connectivity index (χ4v) is 2.15. The van der Waals surface area contributed by atoms with Crippen LogP contribution in [0.15, 0.2) is 12.3 Å². The van der Waals surface area contributed by atoms with Crippen molar-refractivity contribution in [1.29, 1.82) is 0 Å². The zero-order chi connectivity index (χ0) is 14.9. The largest absolute Gasteiger partial charge is 0.478 e. The first-order chi connectivity index (χ1) is 9.43. The number of nitrogen functional groups attached to an aromatic ring is 1. The van der Waals surface area contributed by atoms with E-state index in [0.29, 0.717) is 6.42 Å². The molecule has 1 aliphatic rings. The van der Waals surface area contributed by atoms with Crippen molar-refractivity contribution in [3.63, 3.8) is 0 Å². The molecule has 8 nitrogen and oxygen atoms in total. The second-order valence-corrected chi connectivity index (χ2v) is 4.41. The summed E-state index contributed by atoms with van der Waals surface area (Å²) in [5.41, 5.74) is 5.59. The quantitative estimate of drug-likeness (QED) is 0.642. The first kappa shape index (κ1) is 13.8. The molecular weight excluding hydrogens is 264 g/mol. The van der Waals surface area contributed by atoms with Crippen LogP contribution in [-0.4, -0.2) is 40.5 Å². The Balaban J connectivity index is 2.50. The molecule has 1 aromatic heterocycles. The summed E-state index contributed by atoms with van der Waals surface area (Å²) in [5.74, 6) is -2.09. The van der Waals surface area contributed by atoms with Gasteiger partial charge in [0.25, 0.3) is 0 Å². The summed E-state index contributed by atoms with van der Waals surface area (Å²) in [6.45, 7) is 1.65. The zero-order valence-electron chi connectivity index (χ0n) is 10.8. The van der Waals surface area contributed by atoms with E-state index < -0.39 is 23.8 Å². The Hall–Kier alpha value is -2.64. The molecule has 0 radical (unpaired) electrons. The van der Waals surface area contributed by atoms with Crippen LogP contribution < -0.4 is 16.0 Å². The van der Waals surface area contributed by atoms with Crippen molar-refractivity contribution < 1.29 is 19.5 Å². The number of aromatic carboxylic acids is 1. The molecule has 4 N–H and O–H groups in total. The molecule has 1 aromatic rings. The molecule has 2 heterocycles. The van der Waals surface area contributed by atoms with Gasteiger partial charge in [0.2, 0.25) is 11.8 Å². The monoisotopic (exact) mass is 278 g/mol. The molecule has 8 heteroatoms. The molecule has 2 rings (SSSR count). The Kier molecular flexibility index (Phi) is 3.55. The topological polar surface area (TPSA) is 126 Å². The maximum absolute atomic E-state index is 11.8. The summed E-state index contributed by atoms with van der Waals surface area (Å²) in [4.78, 5) is 39.9. The van der Waals surface area contributed by atoms with E-state index in [2.05, 4.69) is 10.3 Å². The number of carbonyl (C=O) groups excluding carboxylic acids is 2. The number of carboxylic acids is 1. The van der Waals surface area contributed by atoms with E-state index in [1.54, 1.807) is 6.92 Å². The highest BCUT2D eigenvalue weighted by Crippen LogP contribution is 2.24. The molecular formula is C12H14N4O4. The van der Waals surface area contributed by atoms with Gasteiger partial charge >= 0.3 is 5.97 Å². The summed E-state index contributed by atoms with van der Waals surface area (Å²) in [6.07, 6.45) is 1.72. The smallest absolute Gasteiger partial charge is 0.339 e. The van der Waals surface area contributed by atoms with E-state index in [9.17, 15) is 19.5 Å². The lowest BCUT2D eigenvalue weighted by Gasteiger charge is -2.34. The van der Waals surface area contributed by atoms with Gasteiger partial charge in [-0.15, -0.1) is 0 Å².